The Kier molecular flexibility index (Phi) is 11.2. The zero-order chi connectivity index (χ0) is 30.8. The van der Waals surface area contributed by atoms with E-state index in [4.69, 9.17) is 10.8 Å². The SMILES string of the molecule is CC(O)C(NC(=O)C(N)Cc1ccccc1)C(=O)NC(Cc1c[nH]c2ccccc12)C(=O)NC(CCC(=O)O)C(=O)O. The molecule has 13 heteroatoms. The van der Waals surface area contributed by atoms with Gasteiger partial charge in [-0.05, 0) is 37.0 Å². The summed E-state index contributed by atoms with van der Waals surface area (Å²) in [6.45, 7) is 1.29. The van der Waals surface area contributed by atoms with Crippen molar-refractivity contribution in [2.24, 2.45) is 5.73 Å². The molecule has 3 aromatic rings. The zero-order valence-corrected chi connectivity index (χ0v) is 22.9. The molecule has 13 nitrogen and oxygen atoms in total. The van der Waals surface area contributed by atoms with Crippen LogP contribution in [0, 0.1) is 0 Å². The molecule has 0 aliphatic rings. The number of fused-ring (bicyclic) bond motifs is 1. The highest BCUT2D eigenvalue weighted by Gasteiger charge is 2.33. The Labute approximate surface area is 241 Å². The molecule has 0 bridgehead atoms. The van der Waals surface area contributed by atoms with Gasteiger partial charge in [0.25, 0.3) is 0 Å². The van der Waals surface area contributed by atoms with E-state index in [0.717, 1.165) is 16.5 Å². The number of aliphatic hydroxyl groups is 1. The molecule has 0 fully saturated rings. The number of carbonyl (C=O) groups is 5. The van der Waals surface area contributed by atoms with Crippen molar-refractivity contribution in [3.63, 3.8) is 0 Å². The highest BCUT2D eigenvalue weighted by molar-refractivity contribution is 5.95. The van der Waals surface area contributed by atoms with Crippen LogP contribution in [0.5, 0.6) is 0 Å². The number of amides is 3. The third-order valence-corrected chi connectivity index (χ3v) is 6.69. The minimum absolute atomic E-state index is 0.0825. The van der Waals surface area contributed by atoms with Crippen LogP contribution >= 0.6 is 0 Å². The van der Waals surface area contributed by atoms with Crippen LogP contribution in [0.15, 0.2) is 60.8 Å². The molecule has 0 aliphatic heterocycles. The van der Waals surface area contributed by atoms with E-state index in [1.807, 2.05) is 18.2 Å². The molecule has 2 aromatic carbocycles. The topological polar surface area (TPSA) is 224 Å². The summed E-state index contributed by atoms with van der Waals surface area (Å²) in [6, 6.07) is 10.8. The number of hydrogen-bond acceptors (Lipinski definition) is 7. The van der Waals surface area contributed by atoms with Gasteiger partial charge in [0, 0.05) is 29.9 Å². The van der Waals surface area contributed by atoms with Gasteiger partial charge in [-0.1, -0.05) is 48.5 Å². The Bertz CT molecular complexity index is 1410. The molecule has 42 heavy (non-hydrogen) atoms. The lowest BCUT2D eigenvalue weighted by molar-refractivity contribution is -0.143. The molecule has 9 N–H and O–H groups in total. The van der Waals surface area contributed by atoms with Gasteiger partial charge in [0.2, 0.25) is 17.7 Å². The standard InChI is InChI=1S/C29H35N5O8/c1-16(35)25(34-26(38)20(30)13-17-7-3-2-4-8-17)28(40)33-23(14-18-15-31-21-10-6-5-9-19(18)21)27(39)32-22(29(41)42)11-12-24(36)37/h2-10,15-16,20,22-23,25,31,35H,11-14,30H2,1H3,(H,32,39)(H,33,40)(H,34,38)(H,36,37)(H,41,42). The molecule has 1 aromatic heterocycles. The van der Waals surface area contributed by atoms with Gasteiger partial charge in [-0.2, -0.15) is 0 Å². The van der Waals surface area contributed by atoms with Gasteiger partial charge in [0.15, 0.2) is 0 Å². The number of carbonyl (C=O) groups excluding carboxylic acids is 3. The second-order valence-corrected chi connectivity index (χ2v) is 9.98. The number of para-hydroxylation sites is 1. The lowest BCUT2D eigenvalue weighted by atomic mass is 10.0. The van der Waals surface area contributed by atoms with E-state index in [2.05, 4.69) is 20.9 Å². The number of hydrogen-bond donors (Lipinski definition) is 8. The number of benzene rings is 2. The van der Waals surface area contributed by atoms with Crippen molar-refractivity contribution in [3.05, 3.63) is 71.9 Å². The molecule has 224 valence electrons. The number of aliphatic carboxylic acids is 2. The van der Waals surface area contributed by atoms with E-state index in [-0.39, 0.29) is 19.3 Å². The molecular formula is C29H35N5O8. The molecule has 0 saturated heterocycles. The van der Waals surface area contributed by atoms with Crippen LogP contribution in [-0.4, -0.2) is 80.2 Å². The molecular weight excluding hydrogens is 546 g/mol. The van der Waals surface area contributed by atoms with Crippen LogP contribution in [0.2, 0.25) is 0 Å². The van der Waals surface area contributed by atoms with Crippen molar-refractivity contribution in [3.8, 4) is 0 Å². The van der Waals surface area contributed by atoms with Crippen LogP contribution < -0.4 is 21.7 Å². The highest BCUT2D eigenvalue weighted by atomic mass is 16.4. The zero-order valence-electron chi connectivity index (χ0n) is 22.9. The van der Waals surface area contributed by atoms with E-state index in [1.54, 1.807) is 42.6 Å². The maximum absolute atomic E-state index is 13.3. The molecule has 0 saturated carbocycles. The Hall–Kier alpha value is -4.75. The summed E-state index contributed by atoms with van der Waals surface area (Å²) in [5, 5.41) is 36.8. The molecule has 1 heterocycles. The first-order valence-corrected chi connectivity index (χ1v) is 13.3. The normalized spacial score (nSPS) is 14.6. The third kappa shape index (κ3) is 8.88. The fraction of sp³-hybridized carbons (Fsp3) is 0.345. The van der Waals surface area contributed by atoms with Crippen molar-refractivity contribution >= 4 is 40.6 Å². The van der Waals surface area contributed by atoms with Gasteiger partial charge in [-0.3, -0.25) is 19.2 Å². The lowest BCUT2D eigenvalue weighted by Crippen LogP contribution is -2.60. The van der Waals surface area contributed by atoms with Gasteiger partial charge in [0.05, 0.1) is 12.1 Å². The summed E-state index contributed by atoms with van der Waals surface area (Å²) in [5.41, 5.74) is 8.23. The predicted molar refractivity (Wildman–Crippen MR) is 152 cm³/mol. The summed E-state index contributed by atoms with van der Waals surface area (Å²) in [4.78, 5) is 65.2. The fourth-order valence-electron chi connectivity index (χ4n) is 4.41. The van der Waals surface area contributed by atoms with Gasteiger partial charge in [-0.15, -0.1) is 0 Å². The lowest BCUT2D eigenvalue weighted by Gasteiger charge is -2.26. The minimum atomic E-state index is -1.53. The number of aromatic amines is 1. The smallest absolute Gasteiger partial charge is 0.326 e. The Balaban J connectivity index is 1.80. The van der Waals surface area contributed by atoms with Crippen molar-refractivity contribution in [2.75, 3.05) is 0 Å². The van der Waals surface area contributed by atoms with Crippen molar-refractivity contribution < 1.29 is 39.3 Å². The maximum Gasteiger partial charge on any atom is 0.326 e. The van der Waals surface area contributed by atoms with Gasteiger partial charge < -0.3 is 42.0 Å². The molecule has 5 unspecified atom stereocenters. The average Bonchev–Trinajstić information content (AvgIpc) is 3.36. The summed E-state index contributed by atoms with van der Waals surface area (Å²) in [5.74, 6) is -5.16. The van der Waals surface area contributed by atoms with Crippen molar-refractivity contribution in [1.82, 2.24) is 20.9 Å². The van der Waals surface area contributed by atoms with Crippen LogP contribution in [0.25, 0.3) is 10.9 Å². The molecule has 3 amide bonds. The van der Waals surface area contributed by atoms with Crippen molar-refractivity contribution in [2.45, 2.75) is 62.9 Å². The largest absolute Gasteiger partial charge is 0.481 e. The maximum atomic E-state index is 13.3. The van der Waals surface area contributed by atoms with Crippen LogP contribution in [0.1, 0.15) is 30.9 Å². The van der Waals surface area contributed by atoms with Crippen LogP contribution in [0.3, 0.4) is 0 Å². The van der Waals surface area contributed by atoms with Gasteiger partial charge >= 0.3 is 11.9 Å². The van der Waals surface area contributed by atoms with Gasteiger partial charge in [0.1, 0.15) is 18.1 Å². The Morgan fingerprint density at radius 1 is 0.833 bits per heavy atom. The summed E-state index contributed by atoms with van der Waals surface area (Å²) in [7, 11) is 0. The fourth-order valence-corrected chi connectivity index (χ4v) is 4.41. The van der Waals surface area contributed by atoms with E-state index in [9.17, 15) is 34.2 Å². The first-order chi connectivity index (χ1) is 20.0. The predicted octanol–water partition coefficient (Wildman–Crippen LogP) is 0.0650. The summed E-state index contributed by atoms with van der Waals surface area (Å²) < 4.78 is 0. The number of rotatable bonds is 15. The number of nitrogens with two attached hydrogens (primary N) is 1. The molecule has 0 spiro atoms. The van der Waals surface area contributed by atoms with E-state index >= 15 is 0 Å². The number of H-pyrrole nitrogens is 1. The quantitative estimate of drug-likeness (QED) is 0.121. The first kappa shape index (κ1) is 31.8. The van der Waals surface area contributed by atoms with Crippen molar-refractivity contribution in [1.29, 1.82) is 0 Å². The summed E-state index contributed by atoms with van der Waals surface area (Å²) in [6.07, 6.45) is -0.518. The molecule has 5 atom stereocenters. The second-order valence-electron chi connectivity index (χ2n) is 9.98. The minimum Gasteiger partial charge on any atom is -0.481 e. The van der Waals surface area contributed by atoms with E-state index in [1.165, 1.54) is 6.92 Å². The second kappa shape index (κ2) is 14.8. The van der Waals surface area contributed by atoms with E-state index < -0.39 is 66.4 Å². The van der Waals surface area contributed by atoms with Crippen LogP contribution in [-0.2, 0) is 36.8 Å². The number of carboxylic acid groups (broad SMARTS) is 2. The third-order valence-electron chi connectivity index (χ3n) is 6.69. The highest BCUT2D eigenvalue weighted by Crippen LogP contribution is 2.19. The number of nitrogens with one attached hydrogen (secondary N) is 4. The molecule has 0 radical (unpaired) electrons. The molecule has 3 rings (SSSR count). The Morgan fingerprint density at radius 3 is 2.12 bits per heavy atom. The number of aromatic nitrogens is 1. The van der Waals surface area contributed by atoms with E-state index in [0.29, 0.717) is 5.56 Å². The molecule has 0 aliphatic carbocycles. The number of carboxylic acids is 2. The monoisotopic (exact) mass is 581 g/mol. The first-order valence-electron chi connectivity index (χ1n) is 13.3. The summed E-state index contributed by atoms with van der Waals surface area (Å²) >= 11 is 0. The Morgan fingerprint density at radius 2 is 1.48 bits per heavy atom. The van der Waals surface area contributed by atoms with Gasteiger partial charge in [-0.25, -0.2) is 4.79 Å². The number of aliphatic hydroxyl groups excluding tert-OH is 1. The average molecular weight is 582 g/mol. The van der Waals surface area contributed by atoms with Crippen LogP contribution in [0.4, 0.5) is 0 Å².